The molecule has 0 spiro atoms. The van der Waals surface area contributed by atoms with Crippen LogP contribution in [0.25, 0.3) is 0 Å². The first-order chi connectivity index (χ1) is 4.20. The number of rotatable bonds is 0. The minimum atomic E-state index is -0.247. The van der Waals surface area contributed by atoms with Crippen LogP contribution in [0.1, 0.15) is 6.92 Å². The van der Waals surface area contributed by atoms with Crippen molar-refractivity contribution in [2.45, 2.75) is 20.0 Å². The molecule has 0 bridgehead atoms. The quantitative estimate of drug-likeness (QED) is 0.444. The number of hydrogen-bond donors (Lipinski definition) is 0. The smallest absolute Gasteiger partial charge is 0.0136 e. The highest BCUT2D eigenvalue weighted by atomic mass is 28.2. The first-order valence-corrected chi connectivity index (χ1v) is 5.66. The molecule has 0 nitrogen and oxygen atoms in total. The van der Waals surface area contributed by atoms with Crippen LogP contribution in [-0.4, -0.2) is 13.6 Å². The van der Waals surface area contributed by atoms with Crippen molar-refractivity contribution in [1.29, 1.82) is 0 Å². The lowest BCUT2D eigenvalue weighted by atomic mass is 10.3. The molecule has 1 aliphatic rings. The molecule has 0 heterocycles. The molecule has 0 fully saturated rings. The van der Waals surface area contributed by atoms with Gasteiger partial charge in [0.15, 0.2) is 0 Å². The summed E-state index contributed by atoms with van der Waals surface area (Å²) in [4.78, 5) is 0. The van der Waals surface area contributed by atoms with E-state index in [0.717, 1.165) is 0 Å². The van der Waals surface area contributed by atoms with E-state index in [9.17, 15) is 0 Å². The van der Waals surface area contributed by atoms with Gasteiger partial charge in [0.25, 0.3) is 0 Å². The fraction of sp³-hybridized carbons (Fsp3) is 0.375. The Morgan fingerprint density at radius 3 is 2.22 bits per heavy atom. The summed E-state index contributed by atoms with van der Waals surface area (Å²) in [5.41, 5.74) is 1.27. The maximum atomic E-state index is 3.32. The van der Waals surface area contributed by atoms with E-state index in [1.54, 1.807) is 0 Å². The van der Waals surface area contributed by atoms with Crippen molar-refractivity contribution in [2.75, 3.05) is 0 Å². The molecule has 1 radical (unpaired) electrons. The van der Waals surface area contributed by atoms with Gasteiger partial charge in [0.05, 0.1) is 0 Å². The summed E-state index contributed by atoms with van der Waals surface area (Å²) in [5.74, 6) is 0. The van der Waals surface area contributed by atoms with Crippen molar-refractivity contribution in [1.82, 2.24) is 0 Å². The predicted octanol–water partition coefficient (Wildman–Crippen LogP) is 1.81. The van der Waals surface area contributed by atoms with Gasteiger partial charge in [-0.05, 0) is 23.7 Å². The first kappa shape index (κ1) is 6.68. The molecular formula is C8H11Si. The third-order valence-electron chi connectivity index (χ3n) is 1.37. The van der Waals surface area contributed by atoms with E-state index in [4.69, 9.17) is 0 Å². The molecule has 0 unspecified atom stereocenters. The highest BCUT2D eigenvalue weighted by molar-refractivity contribution is 6.72. The Labute approximate surface area is 58.1 Å². The largest absolute Gasteiger partial charge is 0.0589 e. The van der Waals surface area contributed by atoms with Gasteiger partial charge in [0, 0.05) is 8.41 Å². The van der Waals surface area contributed by atoms with Crippen molar-refractivity contribution in [3.05, 3.63) is 23.8 Å². The van der Waals surface area contributed by atoms with Crippen LogP contribution in [0.4, 0.5) is 0 Å². The fourth-order valence-corrected chi connectivity index (χ4v) is 1.66. The standard InChI is InChI=1S/C8H11Si/c1-7-4-5-8(6-7)9(2)3/h4-5H,1-3H3. The van der Waals surface area contributed by atoms with E-state index in [1.807, 2.05) is 0 Å². The molecule has 0 aromatic rings. The third kappa shape index (κ3) is 1.48. The van der Waals surface area contributed by atoms with Gasteiger partial charge in [0.2, 0.25) is 0 Å². The van der Waals surface area contributed by atoms with E-state index in [0.29, 0.717) is 0 Å². The van der Waals surface area contributed by atoms with Crippen LogP contribution >= 0.6 is 0 Å². The molecule has 0 saturated carbocycles. The highest BCUT2D eigenvalue weighted by Gasteiger charge is 1.98. The Bertz CT molecular complexity index is 203. The molecule has 0 atom stereocenters. The minimum Gasteiger partial charge on any atom is -0.0589 e. The molecule has 0 aromatic carbocycles. The van der Waals surface area contributed by atoms with Gasteiger partial charge >= 0.3 is 0 Å². The predicted molar refractivity (Wildman–Crippen MR) is 44.1 cm³/mol. The van der Waals surface area contributed by atoms with Crippen LogP contribution in [-0.2, 0) is 0 Å². The van der Waals surface area contributed by atoms with Crippen LogP contribution in [0.2, 0.25) is 13.1 Å². The molecule has 9 heavy (non-hydrogen) atoms. The lowest BCUT2D eigenvalue weighted by Gasteiger charge is -1.88. The molecule has 0 aliphatic heterocycles. The summed E-state index contributed by atoms with van der Waals surface area (Å²) in [7, 11) is -0.247. The normalized spacial score (nSPS) is 16.3. The van der Waals surface area contributed by atoms with Gasteiger partial charge < -0.3 is 0 Å². The maximum absolute atomic E-state index is 3.32. The van der Waals surface area contributed by atoms with Gasteiger partial charge in [-0.2, -0.15) is 0 Å². The summed E-state index contributed by atoms with van der Waals surface area (Å²) in [6, 6.07) is 0. The Balaban J connectivity index is 2.95. The SMILES string of the molecule is CC1=[C]C(=[Si](C)C)C=C1. The Kier molecular flexibility index (Phi) is 1.81. The van der Waals surface area contributed by atoms with E-state index < -0.39 is 0 Å². The van der Waals surface area contributed by atoms with Gasteiger partial charge in [0.1, 0.15) is 0 Å². The van der Waals surface area contributed by atoms with Gasteiger partial charge in [-0.15, -0.1) is 0 Å². The van der Waals surface area contributed by atoms with E-state index in [-0.39, 0.29) is 8.41 Å². The Morgan fingerprint density at radius 2 is 2.00 bits per heavy atom. The van der Waals surface area contributed by atoms with Crippen molar-refractivity contribution in [3.8, 4) is 0 Å². The highest BCUT2D eigenvalue weighted by Crippen LogP contribution is 2.03. The Morgan fingerprint density at radius 1 is 1.33 bits per heavy atom. The Hall–Kier alpha value is -0.433. The lowest BCUT2D eigenvalue weighted by molar-refractivity contribution is 1.56. The molecule has 1 aliphatic carbocycles. The summed E-state index contributed by atoms with van der Waals surface area (Å²) in [6.07, 6.45) is 7.64. The third-order valence-corrected chi connectivity index (χ3v) is 2.74. The molecule has 47 valence electrons. The van der Waals surface area contributed by atoms with Crippen LogP contribution in [0.3, 0.4) is 0 Å². The topological polar surface area (TPSA) is 0 Å². The molecule has 0 amide bonds. The van der Waals surface area contributed by atoms with Crippen molar-refractivity contribution >= 4 is 13.6 Å². The molecule has 1 heteroatoms. The summed E-state index contributed by atoms with van der Waals surface area (Å²) >= 11 is 0. The van der Waals surface area contributed by atoms with Gasteiger partial charge in [-0.25, -0.2) is 0 Å². The summed E-state index contributed by atoms with van der Waals surface area (Å²) in [5, 5.41) is 1.43. The molecule has 0 saturated heterocycles. The van der Waals surface area contributed by atoms with Crippen LogP contribution in [0.5, 0.6) is 0 Å². The van der Waals surface area contributed by atoms with E-state index in [1.165, 1.54) is 10.7 Å². The molecule has 1 rings (SSSR count). The zero-order valence-electron chi connectivity index (χ0n) is 6.15. The maximum Gasteiger partial charge on any atom is 0.0136 e. The summed E-state index contributed by atoms with van der Waals surface area (Å²) < 4.78 is 0. The molecular weight excluding hydrogens is 124 g/mol. The van der Waals surface area contributed by atoms with Crippen LogP contribution < -0.4 is 0 Å². The number of hydrogen-bond acceptors (Lipinski definition) is 0. The molecule has 0 N–H and O–H groups in total. The second-order valence-corrected chi connectivity index (χ2v) is 5.09. The van der Waals surface area contributed by atoms with Gasteiger partial charge in [-0.1, -0.05) is 25.2 Å². The lowest BCUT2D eigenvalue weighted by Crippen LogP contribution is -2.00. The fourth-order valence-electron chi connectivity index (χ4n) is 0.796. The van der Waals surface area contributed by atoms with Crippen molar-refractivity contribution in [2.24, 2.45) is 0 Å². The van der Waals surface area contributed by atoms with E-state index >= 15 is 0 Å². The first-order valence-electron chi connectivity index (χ1n) is 3.16. The molecule has 0 aromatic heterocycles. The van der Waals surface area contributed by atoms with Crippen LogP contribution in [0.15, 0.2) is 17.7 Å². The minimum absolute atomic E-state index is 0.247. The zero-order valence-corrected chi connectivity index (χ0v) is 7.15. The average molecular weight is 135 g/mol. The number of allylic oxidation sites excluding steroid dienone is 4. The van der Waals surface area contributed by atoms with E-state index in [2.05, 4.69) is 38.2 Å². The average Bonchev–Trinajstić information content (AvgIpc) is 2.14. The second-order valence-electron chi connectivity index (χ2n) is 2.56. The van der Waals surface area contributed by atoms with Crippen molar-refractivity contribution in [3.63, 3.8) is 0 Å². The zero-order chi connectivity index (χ0) is 6.85. The summed E-state index contributed by atoms with van der Waals surface area (Å²) in [6.45, 7) is 6.67. The second kappa shape index (κ2) is 2.44. The van der Waals surface area contributed by atoms with Gasteiger partial charge in [-0.3, -0.25) is 0 Å². The van der Waals surface area contributed by atoms with Crippen LogP contribution in [0, 0.1) is 6.08 Å². The van der Waals surface area contributed by atoms with Crippen molar-refractivity contribution < 1.29 is 0 Å². The monoisotopic (exact) mass is 135 g/mol.